The van der Waals surface area contributed by atoms with Crippen molar-refractivity contribution in [3.8, 4) is 0 Å². The summed E-state index contributed by atoms with van der Waals surface area (Å²) >= 11 is 0. The topological polar surface area (TPSA) is 18.5 Å². The maximum atomic E-state index is 3.72. The minimum atomic E-state index is 0.602. The summed E-state index contributed by atoms with van der Waals surface area (Å²) in [5.74, 6) is 0. The van der Waals surface area contributed by atoms with Gasteiger partial charge in [0.15, 0.2) is 0 Å². The van der Waals surface area contributed by atoms with Gasteiger partial charge in [-0.2, -0.15) is 0 Å². The van der Waals surface area contributed by atoms with Crippen molar-refractivity contribution in [3.63, 3.8) is 0 Å². The van der Waals surface area contributed by atoms with E-state index in [1.165, 1.54) is 44.7 Å². The van der Waals surface area contributed by atoms with E-state index in [0.29, 0.717) is 6.04 Å². The Kier molecular flexibility index (Phi) is 6.51. The first-order chi connectivity index (χ1) is 9.78. The molecule has 0 aliphatic carbocycles. The van der Waals surface area contributed by atoms with Crippen LogP contribution in [0.1, 0.15) is 18.9 Å². The largest absolute Gasteiger partial charge is 0.312 e. The Bertz CT molecular complexity index is 358. The fraction of sp³-hybridized carbons (Fsp3) is 0.647. The van der Waals surface area contributed by atoms with Gasteiger partial charge in [0.1, 0.15) is 0 Å². The molecule has 0 spiro atoms. The van der Waals surface area contributed by atoms with E-state index < -0.39 is 0 Å². The van der Waals surface area contributed by atoms with Gasteiger partial charge in [0.2, 0.25) is 0 Å². The van der Waals surface area contributed by atoms with Crippen LogP contribution >= 0.6 is 0 Å². The van der Waals surface area contributed by atoms with Crippen molar-refractivity contribution in [2.45, 2.75) is 25.8 Å². The molecule has 1 aromatic rings. The quantitative estimate of drug-likeness (QED) is 0.819. The SMILES string of the molecule is CCC(Cc1ccccc1)NCCN1CCN(C)CC1. The predicted octanol–water partition coefficient (Wildman–Crippen LogP) is 1.84. The molecule has 1 N–H and O–H groups in total. The van der Waals surface area contributed by atoms with Crippen molar-refractivity contribution in [1.29, 1.82) is 0 Å². The number of nitrogens with one attached hydrogen (secondary N) is 1. The summed E-state index contributed by atoms with van der Waals surface area (Å²) in [5.41, 5.74) is 1.44. The highest BCUT2D eigenvalue weighted by Crippen LogP contribution is 2.05. The first-order valence-electron chi connectivity index (χ1n) is 7.96. The molecule has 0 amide bonds. The van der Waals surface area contributed by atoms with Crippen molar-refractivity contribution < 1.29 is 0 Å². The van der Waals surface area contributed by atoms with Gasteiger partial charge in [-0.1, -0.05) is 37.3 Å². The van der Waals surface area contributed by atoms with Gasteiger partial charge >= 0.3 is 0 Å². The van der Waals surface area contributed by atoms with Crippen LogP contribution in [0, 0.1) is 0 Å². The molecule has 1 unspecified atom stereocenters. The number of rotatable bonds is 7. The van der Waals surface area contributed by atoms with Gasteiger partial charge in [0.05, 0.1) is 0 Å². The van der Waals surface area contributed by atoms with Crippen LogP contribution in [0.5, 0.6) is 0 Å². The fourth-order valence-corrected chi connectivity index (χ4v) is 2.76. The average molecular weight is 275 g/mol. The number of hydrogen-bond donors (Lipinski definition) is 1. The van der Waals surface area contributed by atoms with Crippen LogP contribution in [0.3, 0.4) is 0 Å². The molecule has 0 saturated carbocycles. The molecular formula is C17H29N3. The van der Waals surface area contributed by atoms with E-state index in [0.717, 1.165) is 13.0 Å². The van der Waals surface area contributed by atoms with Gasteiger partial charge in [-0.3, -0.25) is 4.90 Å². The summed E-state index contributed by atoms with van der Waals surface area (Å²) < 4.78 is 0. The smallest absolute Gasteiger partial charge is 0.0110 e. The number of piperazine rings is 1. The third-order valence-corrected chi connectivity index (χ3v) is 4.27. The van der Waals surface area contributed by atoms with Crippen LogP contribution in [0.25, 0.3) is 0 Å². The van der Waals surface area contributed by atoms with Crippen LogP contribution in [0.2, 0.25) is 0 Å². The first-order valence-corrected chi connectivity index (χ1v) is 7.96. The summed E-state index contributed by atoms with van der Waals surface area (Å²) in [6.45, 7) is 9.41. The number of benzene rings is 1. The Balaban J connectivity index is 1.66. The lowest BCUT2D eigenvalue weighted by molar-refractivity contribution is 0.153. The molecule has 20 heavy (non-hydrogen) atoms. The first kappa shape index (κ1) is 15.5. The molecule has 1 aliphatic heterocycles. The predicted molar refractivity (Wildman–Crippen MR) is 86.2 cm³/mol. The van der Waals surface area contributed by atoms with Crippen molar-refractivity contribution in [1.82, 2.24) is 15.1 Å². The molecule has 1 heterocycles. The monoisotopic (exact) mass is 275 g/mol. The maximum absolute atomic E-state index is 3.72. The molecule has 0 radical (unpaired) electrons. The van der Waals surface area contributed by atoms with E-state index >= 15 is 0 Å². The highest BCUT2D eigenvalue weighted by Gasteiger charge is 2.13. The van der Waals surface area contributed by atoms with Crippen molar-refractivity contribution in [2.24, 2.45) is 0 Å². The number of nitrogens with zero attached hydrogens (tertiary/aromatic N) is 2. The second kappa shape index (κ2) is 8.40. The van der Waals surface area contributed by atoms with E-state index in [2.05, 4.69) is 59.4 Å². The Hall–Kier alpha value is -0.900. The van der Waals surface area contributed by atoms with Gasteiger partial charge < -0.3 is 10.2 Å². The lowest BCUT2D eigenvalue weighted by atomic mass is 10.0. The minimum Gasteiger partial charge on any atom is -0.312 e. The third kappa shape index (κ3) is 5.23. The molecule has 0 aromatic heterocycles. The van der Waals surface area contributed by atoms with Crippen molar-refractivity contribution in [3.05, 3.63) is 35.9 Å². The number of likely N-dealkylation sites (N-methyl/N-ethyl adjacent to an activating group) is 1. The van der Waals surface area contributed by atoms with Crippen LogP contribution in [0.4, 0.5) is 0 Å². The number of hydrogen-bond acceptors (Lipinski definition) is 3. The Morgan fingerprint density at radius 2 is 1.80 bits per heavy atom. The molecular weight excluding hydrogens is 246 g/mol. The van der Waals surface area contributed by atoms with E-state index in [1.54, 1.807) is 0 Å². The minimum absolute atomic E-state index is 0.602. The van der Waals surface area contributed by atoms with Crippen LogP contribution in [-0.2, 0) is 6.42 Å². The zero-order valence-corrected chi connectivity index (χ0v) is 13.0. The summed E-state index contributed by atoms with van der Waals surface area (Å²) in [7, 11) is 2.21. The highest BCUT2D eigenvalue weighted by molar-refractivity contribution is 5.15. The zero-order chi connectivity index (χ0) is 14.2. The van der Waals surface area contributed by atoms with Crippen LogP contribution in [-0.4, -0.2) is 62.2 Å². The second-order valence-electron chi connectivity index (χ2n) is 5.89. The molecule has 112 valence electrons. The van der Waals surface area contributed by atoms with E-state index in [4.69, 9.17) is 0 Å². The van der Waals surface area contributed by atoms with E-state index in [9.17, 15) is 0 Å². The van der Waals surface area contributed by atoms with E-state index in [1.807, 2.05) is 0 Å². The molecule has 1 atom stereocenters. The van der Waals surface area contributed by atoms with Gasteiger partial charge in [-0.05, 0) is 25.5 Å². The zero-order valence-electron chi connectivity index (χ0n) is 13.0. The Morgan fingerprint density at radius 1 is 1.10 bits per heavy atom. The average Bonchev–Trinajstić information content (AvgIpc) is 2.49. The lowest BCUT2D eigenvalue weighted by Crippen LogP contribution is -2.47. The molecule has 1 saturated heterocycles. The lowest BCUT2D eigenvalue weighted by Gasteiger charge is -2.32. The van der Waals surface area contributed by atoms with Gasteiger partial charge in [-0.25, -0.2) is 0 Å². The molecule has 0 bridgehead atoms. The maximum Gasteiger partial charge on any atom is 0.0110 e. The van der Waals surface area contributed by atoms with Crippen LogP contribution < -0.4 is 5.32 Å². The molecule has 1 fully saturated rings. The molecule has 3 heteroatoms. The van der Waals surface area contributed by atoms with Crippen molar-refractivity contribution in [2.75, 3.05) is 46.3 Å². The Morgan fingerprint density at radius 3 is 2.45 bits per heavy atom. The van der Waals surface area contributed by atoms with Crippen molar-refractivity contribution >= 4 is 0 Å². The standard InChI is InChI=1S/C17H29N3/c1-3-17(15-16-7-5-4-6-8-16)18-9-10-20-13-11-19(2)12-14-20/h4-8,17-18H,3,9-15H2,1-2H3. The fourth-order valence-electron chi connectivity index (χ4n) is 2.76. The summed E-state index contributed by atoms with van der Waals surface area (Å²) in [6, 6.07) is 11.4. The Labute approximate surface area is 124 Å². The van der Waals surface area contributed by atoms with Crippen LogP contribution in [0.15, 0.2) is 30.3 Å². The molecule has 3 nitrogen and oxygen atoms in total. The van der Waals surface area contributed by atoms with Gasteiger partial charge in [-0.15, -0.1) is 0 Å². The summed E-state index contributed by atoms with van der Waals surface area (Å²) in [6.07, 6.45) is 2.33. The van der Waals surface area contributed by atoms with Gasteiger partial charge in [0, 0.05) is 45.3 Å². The highest BCUT2D eigenvalue weighted by atomic mass is 15.2. The molecule has 1 aliphatic rings. The summed E-state index contributed by atoms with van der Waals surface area (Å²) in [4.78, 5) is 4.98. The molecule has 1 aromatic carbocycles. The summed E-state index contributed by atoms with van der Waals surface area (Å²) in [5, 5.41) is 3.72. The van der Waals surface area contributed by atoms with Gasteiger partial charge in [0.25, 0.3) is 0 Å². The molecule has 2 rings (SSSR count). The van der Waals surface area contributed by atoms with E-state index in [-0.39, 0.29) is 0 Å². The normalized spacial score (nSPS) is 19.1. The second-order valence-corrected chi connectivity index (χ2v) is 5.89. The third-order valence-electron chi connectivity index (χ3n) is 4.27.